The van der Waals surface area contributed by atoms with Crippen LogP contribution >= 0.6 is 0 Å². The summed E-state index contributed by atoms with van der Waals surface area (Å²) in [4.78, 5) is 14.3. The molecule has 0 saturated heterocycles. The van der Waals surface area contributed by atoms with E-state index >= 15 is 0 Å². The van der Waals surface area contributed by atoms with E-state index in [0.29, 0.717) is 5.82 Å². The summed E-state index contributed by atoms with van der Waals surface area (Å²) < 4.78 is 4.36. The lowest BCUT2D eigenvalue weighted by Gasteiger charge is -1.86. The van der Waals surface area contributed by atoms with Crippen molar-refractivity contribution in [1.29, 1.82) is 0 Å². The Morgan fingerprint density at radius 3 is 3.18 bits per heavy atom. The highest BCUT2D eigenvalue weighted by Gasteiger charge is 1.91. The summed E-state index contributed by atoms with van der Waals surface area (Å²) in [6, 6.07) is 0. The average Bonchev–Trinajstić information content (AvgIpc) is 2.52. The van der Waals surface area contributed by atoms with E-state index < -0.39 is 5.97 Å². The zero-order valence-electron chi connectivity index (χ0n) is 5.94. The summed E-state index contributed by atoms with van der Waals surface area (Å²) in [7, 11) is 1.31. The third kappa shape index (κ3) is 2.21. The fourth-order valence-corrected chi connectivity index (χ4v) is 0.510. The molecule has 0 amide bonds. The largest absolute Gasteiger partial charge is 0.466 e. The van der Waals surface area contributed by atoms with Crippen LogP contribution in [0.25, 0.3) is 6.08 Å². The first-order valence-corrected chi connectivity index (χ1v) is 2.94. The second-order valence-corrected chi connectivity index (χ2v) is 1.73. The van der Waals surface area contributed by atoms with Crippen LogP contribution in [-0.4, -0.2) is 28.3 Å². The molecule has 1 aromatic rings. The van der Waals surface area contributed by atoms with E-state index in [1.165, 1.54) is 25.6 Å². The van der Waals surface area contributed by atoms with Crippen molar-refractivity contribution in [1.82, 2.24) is 15.2 Å². The number of carbonyl (C=O) groups excluding carboxylic acids is 1. The number of ether oxygens (including phenoxy) is 1. The minimum Gasteiger partial charge on any atom is -0.466 e. The number of hydrogen-bond acceptors (Lipinski definition) is 4. The lowest BCUT2D eigenvalue weighted by Crippen LogP contribution is -1.93. The van der Waals surface area contributed by atoms with Crippen molar-refractivity contribution in [2.45, 2.75) is 0 Å². The van der Waals surface area contributed by atoms with Gasteiger partial charge in [0.2, 0.25) is 0 Å². The van der Waals surface area contributed by atoms with Gasteiger partial charge in [0.15, 0.2) is 0 Å². The molecule has 0 atom stereocenters. The van der Waals surface area contributed by atoms with E-state index in [1.54, 1.807) is 0 Å². The molecule has 0 aromatic carbocycles. The van der Waals surface area contributed by atoms with Gasteiger partial charge in [-0.1, -0.05) is 0 Å². The molecule has 5 heteroatoms. The Morgan fingerprint density at radius 1 is 1.82 bits per heavy atom. The fourth-order valence-electron chi connectivity index (χ4n) is 0.510. The van der Waals surface area contributed by atoms with E-state index in [0.717, 1.165) is 0 Å². The van der Waals surface area contributed by atoms with E-state index in [4.69, 9.17) is 0 Å². The molecule has 58 valence electrons. The predicted molar refractivity (Wildman–Crippen MR) is 37.4 cm³/mol. The molecule has 11 heavy (non-hydrogen) atoms. The summed E-state index contributed by atoms with van der Waals surface area (Å²) in [6.45, 7) is 0. The molecule has 5 nitrogen and oxygen atoms in total. The number of esters is 1. The van der Waals surface area contributed by atoms with E-state index in [-0.39, 0.29) is 0 Å². The van der Waals surface area contributed by atoms with Gasteiger partial charge in [-0.25, -0.2) is 9.78 Å². The minimum atomic E-state index is -0.415. The number of hydrogen-bond donors (Lipinski definition) is 1. The quantitative estimate of drug-likeness (QED) is 0.479. The highest BCUT2D eigenvalue weighted by molar-refractivity contribution is 5.86. The number of carbonyl (C=O) groups is 1. The van der Waals surface area contributed by atoms with Gasteiger partial charge in [0.05, 0.1) is 7.11 Å². The first-order valence-electron chi connectivity index (χ1n) is 2.94. The number of aromatic amines is 1. The standard InChI is InChI=1S/C6H7N3O2/c1-11-6(10)3-2-5-7-4-8-9-5/h2-4H,1H3,(H,7,8,9). The van der Waals surface area contributed by atoms with E-state index in [9.17, 15) is 4.79 Å². The predicted octanol–water partition coefficient (Wildman–Crippen LogP) is -0.00910. The molecule has 0 saturated carbocycles. The number of aromatic nitrogens is 3. The Labute approximate surface area is 63.1 Å². The van der Waals surface area contributed by atoms with Gasteiger partial charge < -0.3 is 4.74 Å². The van der Waals surface area contributed by atoms with Crippen LogP contribution < -0.4 is 0 Å². The molecule has 0 aliphatic heterocycles. The highest BCUT2D eigenvalue weighted by Crippen LogP contribution is 1.89. The summed E-state index contributed by atoms with van der Waals surface area (Å²) in [5.74, 6) is 0.108. The summed E-state index contributed by atoms with van der Waals surface area (Å²) in [6.07, 6.45) is 4.11. The van der Waals surface area contributed by atoms with Gasteiger partial charge in [-0.05, 0) is 6.08 Å². The van der Waals surface area contributed by atoms with Crippen LogP contribution in [0.5, 0.6) is 0 Å². The molecule has 0 radical (unpaired) electrons. The van der Waals surface area contributed by atoms with Gasteiger partial charge in [0, 0.05) is 6.08 Å². The summed E-state index contributed by atoms with van der Waals surface area (Å²) in [5, 5.41) is 6.15. The molecule has 1 N–H and O–H groups in total. The highest BCUT2D eigenvalue weighted by atomic mass is 16.5. The summed E-state index contributed by atoms with van der Waals surface area (Å²) >= 11 is 0. The topological polar surface area (TPSA) is 67.9 Å². The molecule has 0 unspecified atom stereocenters. The van der Waals surface area contributed by atoms with Crippen LogP contribution in [0.4, 0.5) is 0 Å². The Bertz CT molecular complexity index is 253. The van der Waals surface area contributed by atoms with E-state index in [1.807, 2.05) is 0 Å². The number of nitrogens with one attached hydrogen (secondary N) is 1. The molecule has 1 rings (SSSR count). The van der Waals surface area contributed by atoms with E-state index in [2.05, 4.69) is 19.9 Å². The molecule has 1 aromatic heterocycles. The molecule has 1 heterocycles. The van der Waals surface area contributed by atoms with Crippen LogP contribution in [0.15, 0.2) is 12.4 Å². The van der Waals surface area contributed by atoms with Crippen molar-refractivity contribution in [2.24, 2.45) is 0 Å². The third-order valence-electron chi connectivity index (χ3n) is 1.01. The summed E-state index contributed by atoms with van der Waals surface area (Å²) in [5.41, 5.74) is 0. The van der Waals surface area contributed by atoms with Gasteiger partial charge in [0.1, 0.15) is 12.2 Å². The molecular weight excluding hydrogens is 146 g/mol. The fraction of sp³-hybridized carbons (Fsp3) is 0.167. The van der Waals surface area contributed by atoms with Crippen molar-refractivity contribution in [2.75, 3.05) is 7.11 Å². The zero-order chi connectivity index (χ0) is 8.10. The normalized spacial score (nSPS) is 10.3. The molecule has 0 spiro atoms. The van der Waals surface area contributed by atoms with Crippen molar-refractivity contribution in [3.05, 3.63) is 18.2 Å². The first-order chi connectivity index (χ1) is 5.33. The van der Waals surface area contributed by atoms with Gasteiger partial charge in [-0.3, -0.25) is 5.10 Å². The number of H-pyrrole nitrogens is 1. The second-order valence-electron chi connectivity index (χ2n) is 1.73. The SMILES string of the molecule is COC(=O)C=Cc1ncn[nH]1. The Balaban J connectivity index is 2.55. The van der Waals surface area contributed by atoms with Gasteiger partial charge >= 0.3 is 5.97 Å². The van der Waals surface area contributed by atoms with Crippen molar-refractivity contribution in [3.8, 4) is 0 Å². The van der Waals surface area contributed by atoms with Crippen molar-refractivity contribution >= 4 is 12.0 Å². The molecule has 0 bridgehead atoms. The number of methoxy groups -OCH3 is 1. The first kappa shape index (κ1) is 7.46. The van der Waals surface area contributed by atoms with Crippen LogP contribution in [-0.2, 0) is 9.53 Å². The average molecular weight is 153 g/mol. The number of rotatable bonds is 2. The molecule has 0 aliphatic rings. The van der Waals surface area contributed by atoms with Gasteiger partial charge in [-0.2, -0.15) is 5.10 Å². The van der Waals surface area contributed by atoms with Crippen molar-refractivity contribution in [3.63, 3.8) is 0 Å². The van der Waals surface area contributed by atoms with Crippen LogP contribution in [0.3, 0.4) is 0 Å². The monoisotopic (exact) mass is 153 g/mol. The Kier molecular flexibility index (Phi) is 2.37. The van der Waals surface area contributed by atoms with Gasteiger partial charge in [0.25, 0.3) is 0 Å². The minimum absolute atomic E-state index is 0.415. The lowest BCUT2D eigenvalue weighted by molar-refractivity contribution is -0.134. The molecular formula is C6H7N3O2. The maximum absolute atomic E-state index is 10.5. The van der Waals surface area contributed by atoms with Gasteiger partial charge in [-0.15, -0.1) is 0 Å². The van der Waals surface area contributed by atoms with Crippen LogP contribution in [0.1, 0.15) is 5.82 Å². The maximum Gasteiger partial charge on any atom is 0.330 e. The van der Waals surface area contributed by atoms with Crippen molar-refractivity contribution < 1.29 is 9.53 Å². The smallest absolute Gasteiger partial charge is 0.330 e. The number of nitrogens with zero attached hydrogens (tertiary/aromatic N) is 2. The molecule has 0 fully saturated rings. The Morgan fingerprint density at radius 2 is 2.64 bits per heavy atom. The Hall–Kier alpha value is -1.65. The van der Waals surface area contributed by atoms with Crippen LogP contribution in [0.2, 0.25) is 0 Å². The molecule has 0 aliphatic carbocycles. The maximum atomic E-state index is 10.5. The second kappa shape index (κ2) is 3.50. The lowest BCUT2D eigenvalue weighted by atomic mass is 10.5. The van der Waals surface area contributed by atoms with Crippen LogP contribution in [0, 0.1) is 0 Å². The third-order valence-corrected chi connectivity index (χ3v) is 1.01. The zero-order valence-corrected chi connectivity index (χ0v) is 5.94.